The molecule has 0 N–H and O–H groups in total. The highest BCUT2D eigenvalue weighted by atomic mass is 16.5. The standard InChI is InChI=1S/C18H22O2/c1-12-14(13-7-5-4-6-8-13)11-15-17(12)18(2,3)10-9-16(19)20-15/h4-8,14-15H,9-11H2,1-3H3/t14-,15-/m1/s1. The molecule has 0 unspecified atom stereocenters. The van der Waals surface area contributed by atoms with Crippen LogP contribution in [0.5, 0.6) is 0 Å². The number of fused-ring (bicyclic) bond motifs is 1. The molecular formula is C18H22O2. The molecule has 2 aliphatic rings. The van der Waals surface area contributed by atoms with Crippen LogP contribution in [0.4, 0.5) is 0 Å². The lowest BCUT2D eigenvalue weighted by molar-refractivity contribution is -0.146. The highest BCUT2D eigenvalue weighted by Crippen LogP contribution is 2.50. The van der Waals surface area contributed by atoms with Gasteiger partial charge >= 0.3 is 5.97 Å². The van der Waals surface area contributed by atoms with Crippen molar-refractivity contribution in [1.82, 2.24) is 0 Å². The monoisotopic (exact) mass is 270 g/mol. The molecule has 3 rings (SSSR count). The van der Waals surface area contributed by atoms with E-state index in [9.17, 15) is 4.79 Å². The second-order valence-electron chi connectivity index (χ2n) is 6.66. The maximum absolute atomic E-state index is 11.8. The zero-order chi connectivity index (χ0) is 14.3. The summed E-state index contributed by atoms with van der Waals surface area (Å²) in [5.41, 5.74) is 4.15. The first-order chi connectivity index (χ1) is 9.49. The Hall–Kier alpha value is -1.57. The van der Waals surface area contributed by atoms with Gasteiger partial charge in [-0.05, 0) is 36.3 Å². The summed E-state index contributed by atoms with van der Waals surface area (Å²) in [4.78, 5) is 11.8. The molecule has 2 atom stereocenters. The van der Waals surface area contributed by atoms with E-state index in [1.165, 1.54) is 16.7 Å². The zero-order valence-electron chi connectivity index (χ0n) is 12.5. The third kappa shape index (κ3) is 2.17. The second kappa shape index (κ2) is 4.76. The third-order valence-electron chi connectivity index (χ3n) is 4.88. The van der Waals surface area contributed by atoms with E-state index in [0.717, 1.165) is 12.8 Å². The molecule has 0 radical (unpaired) electrons. The van der Waals surface area contributed by atoms with Crippen LogP contribution >= 0.6 is 0 Å². The van der Waals surface area contributed by atoms with Gasteiger partial charge in [0.1, 0.15) is 6.10 Å². The van der Waals surface area contributed by atoms with E-state index < -0.39 is 0 Å². The molecule has 1 fully saturated rings. The van der Waals surface area contributed by atoms with Crippen LogP contribution in [-0.2, 0) is 9.53 Å². The fourth-order valence-corrected chi connectivity index (χ4v) is 3.87. The summed E-state index contributed by atoms with van der Waals surface area (Å²) < 4.78 is 5.70. The molecule has 1 aliphatic carbocycles. The van der Waals surface area contributed by atoms with E-state index in [1.54, 1.807) is 0 Å². The van der Waals surface area contributed by atoms with Crippen molar-refractivity contribution >= 4 is 5.97 Å². The number of benzene rings is 1. The van der Waals surface area contributed by atoms with E-state index in [2.05, 4.69) is 45.0 Å². The van der Waals surface area contributed by atoms with Crippen molar-refractivity contribution in [3.05, 3.63) is 47.0 Å². The van der Waals surface area contributed by atoms with Crippen molar-refractivity contribution in [3.8, 4) is 0 Å². The molecule has 1 heterocycles. The zero-order valence-corrected chi connectivity index (χ0v) is 12.5. The van der Waals surface area contributed by atoms with Gasteiger partial charge < -0.3 is 4.74 Å². The van der Waals surface area contributed by atoms with E-state index in [4.69, 9.17) is 4.74 Å². The summed E-state index contributed by atoms with van der Waals surface area (Å²) >= 11 is 0. The number of allylic oxidation sites excluding steroid dienone is 1. The molecule has 1 aromatic rings. The Bertz CT molecular complexity index is 554. The van der Waals surface area contributed by atoms with Crippen molar-refractivity contribution in [2.75, 3.05) is 0 Å². The number of hydrogen-bond acceptors (Lipinski definition) is 2. The smallest absolute Gasteiger partial charge is 0.306 e. The molecule has 2 nitrogen and oxygen atoms in total. The molecular weight excluding hydrogens is 248 g/mol. The van der Waals surface area contributed by atoms with Crippen LogP contribution in [0.1, 0.15) is 51.5 Å². The van der Waals surface area contributed by atoms with Crippen LogP contribution in [0.15, 0.2) is 41.5 Å². The van der Waals surface area contributed by atoms with Crippen LogP contribution < -0.4 is 0 Å². The molecule has 0 amide bonds. The summed E-state index contributed by atoms with van der Waals surface area (Å²) in [5.74, 6) is 0.348. The first kappa shape index (κ1) is 13.4. The third-order valence-corrected chi connectivity index (χ3v) is 4.88. The molecule has 0 aromatic heterocycles. The fourth-order valence-electron chi connectivity index (χ4n) is 3.87. The van der Waals surface area contributed by atoms with Gasteiger partial charge in [-0.3, -0.25) is 4.79 Å². The molecule has 20 heavy (non-hydrogen) atoms. The van der Waals surface area contributed by atoms with Gasteiger partial charge in [0.2, 0.25) is 0 Å². The highest BCUT2D eigenvalue weighted by Gasteiger charge is 2.43. The van der Waals surface area contributed by atoms with Gasteiger partial charge in [-0.2, -0.15) is 0 Å². The van der Waals surface area contributed by atoms with Gasteiger partial charge in [0.05, 0.1) is 0 Å². The molecule has 2 heteroatoms. The normalized spacial score (nSPS) is 28.9. The van der Waals surface area contributed by atoms with Crippen molar-refractivity contribution in [2.24, 2.45) is 5.41 Å². The predicted molar refractivity (Wildman–Crippen MR) is 79.4 cm³/mol. The summed E-state index contributed by atoms with van der Waals surface area (Å²) in [6, 6.07) is 10.6. The van der Waals surface area contributed by atoms with E-state index in [1.807, 2.05) is 6.07 Å². The van der Waals surface area contributed by atoms with Gasteiger partial charge in [-0.1, -0.05) is 49.8 Å². The first-order valence-corrected chi connectivity index (χ1v) is 7.44. The minimum absolute atomic E-state index is 0.0230. The van der Waals surface area contributed by atoms with Crippen LogP contribution in [0.2, 0.25) is 0 Å². The van der Waals surface area contributed by atoms with E-state index in [-0.39, 0.29) is 17.5 Å². The lowest BCUT2D eigenvalue weighted by atomic mass is 9.77. The maximum Gasteiger partial charge on any atom is 0.306 e. The van der Waals surface area contributed by atoms with Gasteiger partial charge in [-0.25, -0.2) is 0 Å². The topological polar surface area (TPSA) is 26.3 Å². The summed E-state index contributed by atoms with van der Waals surface area (Å²) in [7, 11) is 0. The Morgan fingerprint density at radius 3 is 2.60 bits per heavy atom. The molecule has 0 saturated carbocycles. The Morgan fingerprint density at radius 1 is 1.20 bits per heavy atom. The van der Waals surface area contributed by atoms with Gasteiger partial charge in [0.15, 0.2) is 0 Å². The Morgan fingerprint density at radius 2 is 1.90 bits per heavy atom. The van der Waals surface area contributed by atoms with E-state index >= 15 is 0 Å². The van der Waals surface area contributed by atoms with Crippen molar-refractivity contribution < 1.29 is 9.53 Å². The SMILES string of the molecule is CC1=C2[C@@H](C[C@H]1c1ccccc1)OC(=O)CCC2(C)C. The van der Waals surface area contributed by atoms with Crippen LogP contribution in [0.25, 0.3) is 0 Å². The minimum Gasteiger partial charge on any atom is -0.458 e. The predicted octanol–water partition coefficient (Wildman–Crippen LogP) is 4.22. The quantitative estimate of drug-likeness (QED) is 0.564. The number of ether oxygens (including phenoxy) is 1. The lowest BCUT2D eigenvalue weighted by Crippen LogP contribution is -2.22. The maximum atomic E-state index is 11.8. The van der Waals surface area contributed by atoms with Gasteiger partial charge in [-0.15, -0.1) is 0 Å². The number of hydrogen-bond donors (Lipinski definition) is 0. The molecule has 0 spiro atoms. The molecule has 106 valence electrons. The van der Waals surface area contributed by atoms with Crippen LogP contribution in [0, 0.1) is 5.41 Å². The molecule has 0 bridgehead atoms. The average Bonchev–Trinajstić information content (AvgIpc) is 2.69. The first-order valence-electron chi connectivity index (χ1n) is 7.44. The number of carbonyl (C=O) groups excluding carboxylic acids is 1. The van der Waals surface area contributed by atoms with Gasteiger partial charge in [0, 0.05) is 12.3 Å². The van der Waals surface area contributed by atoms with Crippen LogP contribution in [-0.4, -0.2) is 12.1 Å². The lowest BCUT2D eigenvalue weighted by Gasteiger charge is -2.27. The Balaban J connectivity index is 2.02. The summed E-state index contributed by atoms with van der Waals surface area (Å²) in [5, 5.41) is 0. The van der Waals surface area contributed by atoms with Crippen molar-refractivity contribution in [3.63, 3.8) is 0 Å². The van der Waals surface area contributed by atoms with Crippen LogP contribution in [0.3, 0.4) is 0 Å². The second-order valence-corrected chi connectivity index (χ2v) is 6.66. The molecule has 1 aromatic carbocycles. The molecule has 1 aliphatic heterocycles. The summed E-state index contributed by atoms with van der Waals surface area (Å²) in [6.45, 7) is 6.70. The van der Waals surface area contributed by atoms with Gasteiger partial charge in [0.25, 0.3) is 0 Å². The van der Waals surface area contributed by atoms with Crippen molar-refractivity contribution in [1.29, 1.82) is 0 Å². The fraction of sp³-hybridized carbons (Fsp3) is 0.500. The minimum atomic E-state index is -0.0420. The van der Waals surface area contributed by atoms with E-state index in [0.29, 0.717) is 12.3 Å². The molecule has 1 saturated heterocycles. The number of carbonyl (C=O) groups is 1. The average molecular weight is 270 g/mol. The summed E-state index contributed by atoms with van der Waals surface area (Å²) in [6.07, 6.45) is 2.30. The Kier molecular flexibility index (Phi) is 3.19. The van der Waals surface area contributed by atoms with Crippen molar-refractivity contribution in [2.45, 2.75) is 52.1 Å². The number of esters is 1. The number of rotatable bonds is 1. The Labute approximate surface area is 120 Å². The highest BCUT2D eigenvalue weighted by molar-refractivity contribution is 5.71. The largest absolute Gasteiger partial charge is 0.458 e.